The highest BCUT2D eigenvalue weighted by molar-refractivity contribution is 6.30. The molecule has 2 aromatic rings. The van der Waals surface area contributed by atoms with Crippen molar-refractivity contribution < 1.29 is 0 Å². The highest BCUT2D eigenvalue weighted by Crippen LogP contribution is 2.33. The van der Waals surface area contributed by atoms with Crippen LogP contribution >= 0.6 is 11.6 Å². The Kier molecular flexibility index (Phi) is 4.32. The Morgan fingerprint density at radius 2 is 1.78 bits per heavy atom. The number of hydrogen-bond donors (Lipinski definition) is 0. The normalized spacial score (nSPS) is 10.9. The maximum absolute atomic E-state index is 6.10. The molecule has 0 N–H and O–H groups in total. The molecular weight excluding hydrogens is 244 g/mol. The van der Waals surface area contributed by atoms with Gasteiger partial charge in [-0.2, -0.15) is 0 Å². The van der Waals surface area contributed by atoms with Gasteiger partial charge in [-0.3, -0.25) is 0 Å². The van der Waals surface area contributed by atoms with Crippen molar-refractivity contribution in [3.05, 3.63) is 47.2 Å². The summed E-state index contributed by atoms with van der Waals surface area (Å²) in [4.78, 5) is 8.66. The maximum Gasteiger partial charge on any atom is 0.159 e. The summed E-state index contributed by atoms with van der Waals surface area (Å²) in [6, 6.07) is 7.84. The first-order valence-corrected chi connectivity index (χ1v) is 6.70. The van der Waals surface area contributed by atoms with Crippen molar-refractivity contribution >= 4 is 11.6 Å². The Morgan fingerprint density at radius 3 is 2.39 bits per heavy atom. The third-order valence-electron chi connectivity index (χ3n) is 3.25. The Bertz CT molecular complexity index is 507. The number of hydrogen-bond acceptors (Lipinski definition) is 2. The van der Waals surface area contributed by atoms with E-state index in [1.807, 2.05) is 18.2 Å². The predicted octanol–water partition coefficient (Wildman–Crippen LogP) is 4.70. The summed E-state index contributed by atoms with van der Waals surface area (Å²) in [5, 5.41) is 0.729. The summed E-state index contributed by atoms with van der Waals surface area (Å²) < 4.78 is 0. The van der Waals surface area contributed by atoms with Gasteiger partial charge in [0.05, 0.1) is 0 Å². The van der Waals surface area contributed by atoms with Crippen molar-refractivity contribution in [3.8, 4) is 11.4 Å². The fraction of sp³-hybridized carbons (Fsp3) is 0.333. The molecule has 0 amide bonds. The van der Waals surface area contributed by atoms with Crippen LogP contribution in [0.5, 0.6) is 0 Å². The molecule has 0 saturated heterocycles. The van der Waals surface area contributed by atoms with Crippen LogP contribution in [0.1, 0.15) is 38.2 Å². The average molecular weight is 261 g/mol. The molecule has 1 heterocycles. The minimum absolute atomic E-state index is 0.529. The summed E-state index contributed by atoms with van der Waals surface area (Å²) in [6.45, 7) is 4.41. The van der Waals surface area contributed by atoms with Gasteiger partial charge in [-0.15, -0.1) is 0 Å². The van der Waals surface area contributed by atoms with Gasteiger partial charge in [-0.05, 0) is 42.5 Å². The third-order valence-corrected chi connectivity index (χ3v) is 3.48. The monoisotopic (exact) mass is 260 g/mol. The van der Waals surface area contributed by atoms with Crippen LogP contribution in [0, 0.1) is 0 Å². The molecule has 0 fully saturated rings. The molecule has 18 heavy (non-hydrogen) atoms. The molecule has 0 aliphatic heterocycles. The van der Waals surface area contributed by atoms with E-state index in [1.54, 1.807) is 12.4 Å². The highest BCUT2D eigenvalue weighted by atomic mass is 35.5. The fourth-order valence-corrected chi connectivity index (χ4v) is 2.42. The zero-order chi connectivity index (χ0) is 13.0. The summed E-state index contributed by atoms with van der Waals surface area (Å²) in [5.41, 5.74) is 2.34. The van der Waals surface area contributed by atoms with Gasteiger partial charge in [-0.1, -0.05) is 31.5 Å². The van der Waals surface area contributed by atoms with Gasteiger partial charge in [0, 0.05) is 23.0 Å². The Morgan fingerprint density at radius 1 is 1.11 bits per heavy atom. The fourth-order valence-electron chi connectivity index (χ4n) is 2.24. The molecule has 0 unspecified atom stereocenters. The van der Waals surface area contributed by atoms with Crippen LogP contribution in [0.3, 0.4) is 0 Å². The van der Waals surface area contributed by atoms with Crippen LogP contribution in [-0.4, -0.2) is 9.97 Å². The van der Waals surface area contributed by atoms with E-state index in [4.69, 9.17) is 11.6 Å². The lowest BCUT2D eigenvalue weighted by molar-refractivity contribution is 0.643. The second-order valence-corrected chi connectivity index (χ2v) is 4.75. The van der Waals surface area contributed by atoms with Gasteiger partial charge in [0.15, 0.2) is 5.82 Å². The molecule has 2 nitrogen and oxygen atoms in total. The van der Waals surface area contributed by atoms with E-state index >= 15 is 0 Å². The molecule has 1 aromatic carbocycles. The molecular formula is C15H17ClN2. The number of rotatable bonds is 4. The SMILES string of the molecule is CCC(CC)c1ccc(Cl)cc1-c1ncccn1. The summed E-state index contributed by atoms with van der Waals surface area (Å²) in [5.74, 6) is 1.28. The van der Waals surface area contributed by atoms with Gasteiger partial charge in [0.1, 0.15) is 0 Å². The topological polar surface area (TPSA) is 25.8 Å². The smallest absolute Gasteiger partial charge is 0.159 e. The van der Waals surface area contributed by atoms with E-state index in [0.29, 0.717) is 5.92 Å². The second kappa shape index (κ2) is 5.96. The first-order valence-electron chi connectivity index (χ1n) is 6.33. The van der Waals surface area contributed by atoms with Crippen LogP contribution in [0.25, 0.3) is 11.4 Å². The quantitative estimate of drug-likeness (QED) is 0.796. The third kappa shape index (κ3) is 2.70. The molecule has 0 radical (unpaired) electrons. The minimum Gasteiger partial charge on any atom is -0.237 e. The van der Waals surface area contributed by atoms with Crippen molar-refractivity contribution in [3.63, 3.8) is 0 Å². The van der Waals surface area contributed by atoms with Gasteiger partial charge >= 0.3 is 0 Å². The van der Waals surface area contributed by atoms with Gasteiger partial charge in [-0.25, -0.2) is 9.97 Å². The zero-order valence-corrected chi connectivity index (χ0v) is 11.5. The van der Waals surface area contributed by atoms with Crippen LogP contribution in [-0.2, 0) is 0 Å². The molecule has 0 saturated carbocycles. The molecule has 2 rings (SSSR count). The summed E-state index contributed by atoms with van der Waals surface area (Å²) >= 11 is 6.10. The first kappa shape index (κ1) is 13.0. The largest absolute Gasteiger partial charge is 0.237 e. The zero-order valence-electron chi connectivity index (χ0n) is 10.7. The molecule has 3 heteroatoms. The van der Waals surface area contributed by atoms with Gasteiger partial charge in [0.2, 0.25) is 0 Å². The number of benzene rings is 1. The minimum atomic E-state index is 0.529. The summed E-state index contributed by atoms with van der Waals surface area (Å²) in [7, 11) is 0. The lowest BCUT2D eigenvalue weighted by Crippen LogP contribution is -2.00. The van der Waals surface area contributed by atoms with Crippen molar-refractivity contribution in [1.82, 2.24) is 9.97 Å². The molecule has 0 spiro atoms. The van der Waals surface area contributed by atoms with Crippen LogP contribution in [0.2, 0.25) is 5.02 Å². The molecule has 1 aromatic heterocycles. The number of aromatic nitrogens is 2. The first-order chi connectivity index (χ1) is 8.76. The van der Waals surface area contributed by atoms with Crippen molar-refractivity contribution in [2.24, 2.45) is 0 Å². The van der Waals surface area contributed by atoms with E-state index in [1.165, 1.54) is 5.56 Å². The highest BCUT2D eigenvalue weighted by Gasteiger charge is 2.15. The summed E-state index contributed by atoms with van der Waals surface area (Å²) in [6.07, 6.45) is 5.75. The van der Waals surface area contributed by atoms with Crippen LogP contribution in [0.4, 0.5) is 0 Å². The standard InChI is InChI=1S/C15H17ClN2/c1-3-11(4-2)13-7-6-12(16)10-14(13)15-17-8-5-9-18-15/h5-11H,3-4H2,1-2H3. The predicted molar refractivity (Wildman–Crippen MR) is 75.8 cm³/mol. The lowest BCUT2D eigenvalue weighted by Gasteiger charge is -2.17. The van der Waals surface area contributed by atoms with E-state index < -0.39 is 0 Å². The van der Waals surface area contributed by atoms with Crippen LogP contribution < -0.4 is 0 Å². The average Bonchev–Trinajstić information content (AvgIpc) is 2.42. The molecule has 0 aliphatic rings. The van der Waals surface area contributed by atoms with Crippen molar-refractivity contribution in [2.45, 2.75) is 32.6 Å². The van der Waals surface area contributed by atoms with E-state index in [0.717, 1.165) is 29.3 Å². The number of halogens is 1. The van der Waals surface area contributed by atoms with E-state index in [9.17, 15) is 0 Å². The second-order valence-electron chi connectivity index (χ2n) is 4.32. The molecule has 0 atom stereocenters. The lowest BCUT2D eigenvalue weighted by atomic mass is 9.90. The molecule has 94 valence electrons. The molecule has 0 aliphatic carbocycles. The Labute approximate surface area is 113 Å². The van der Waals surface area contributed by atoms with Crippen LogP contribution in [0.15, 0.2) is 36.7 Å². The molecule has 0 bridgehead atoms. The Hall–Kier alpha value is -1.41. The van der Waals surface area contributed by atoms with E-state index in [2.05, 4.69) is 29.9 Å². The van der Waals surface area contributed by atoms with E-state index in [-0.39, 0.29) is 0 Å². The van der Waals surface area contributed by atoms with Crippen molar-refractivity contribution in [1.29, 1.82) is 0 Å². The van der Waals surface area contributed by atoms with Gasteiger partial charge in [0.25, 0.3) is 0 Å². The number of nitrogens with zero attached hydrogens (tertiary/aromatic N) is 2. The van der Waals surface area contributed by atoms with Crippen molar-refractivity contribution in [2.75, 3.05) is 0 Å². The maximum atomic E-state index is 6.10. The van der Waals surface area contributed by atoms with Gasteiger partial charge < -0.3 is 0 Å². The Balaban J connectivity index is 2.54.